The van der Waals surface area contributed by atoms with Gasteiger partial charge in [-0.15, -0.1) is 0 Å². The fourth-order valence-electron chi connectivity index (χ4n) is 3.45. The van der Waals surface area contributed by atoms with Crippen LogP contribution in [0, 0.1) is 0 Å². The molecule has 3 nitrogen and oxygen atoms in total. The van der Waals surface area contributed by atoms with Gasteiger partial charge in [-0.25, -0.2) is 0 Å². The standard InChI is InChI=1S/C24H35NO2/c1-2-3-4-5-6-11-18-25(19-16-21-12-7-9-14-23(21)26)20-17-22-13-8-10-15-24(22)27/h7-10,12-15,26-27H,2-6,11,16-20H2,1H3. The second kappa shape index (κ2) is 12.4. The van der Waals surface area contributed by atoms with E-state index in [9.17, 15) is 10.2 Å². The van der Waals surface area contributed by atoms with E-state index in [4.69, 9.17) is 0 Å². The molecule has 2 aromatic rings. The maximum atomic E-state index is 10.0. The first kappa shape index (κ1) is 21.3. The summed E-state index contributed by atoms with van der Waals surface area (Å²) in [7, 11) is 0. The highest BCUT2D eigenvalue weighted by atomic mass is 16.3. The Hall–Kier alpha value is -2.00. The molecule has 2 rings (SSSR count). The van der Waals surface area contributed by atoms with E-state index >= 15 is 0 Å². The van der Waals surface area contributed by atoms with Gasteiger partial charge in [-0.05, 0) is 49.1 Å². The predicted octanol–water partition coefficient (Wildman–Crippen LogP) is 5.55. The minimum Gasteiger partial charge on any atom is -0.508 e. The number of para-hydroxylation sites is 2. The quantitative estimate of drug-likeness (QED) is 0.455. The van der Waals surface area contributed by atoms with Crippen molar-refractivity contribution in [2.24, 2.45) is 0 Å². The van der Waals surface area contributed by atoms with Crippen LogP contribution in [-0.2, 0) is 12.8 Å². The summed E-state index contributed by atoms with van der Waals surface area (Å²) in [5, 5.41) is 20.0. The molecule has 27 heavy (non-hydrogen) atoms. The third-order valence-corrected chi connectivity index (χ3v) is 5.21. The van der Waals surface area contributed by atoms with Crippen molar-refractivity contribution in [3.05, 3.63) is 59.7 Å². The summed E-state index contributed by atoms with van der Waals surface area (Å²) < 4.78 is 0. The first-order chi connectivity index (χ1) is 13.2. The van der Waals surface area contributed by atoms with Crippen LogP contribution in [-0.4, -0.2) is 34.7 Å². The van der Waals surface area contributed by atoms with Crippen molar-refractivity contribution in [2.75, 3.05) is 19.6 Å². The molecule has 0 bridgehead atoms. The third-order valence-electron chi connectivity index (χ3n) is 5.21. The van der Waals surface area contributed by atoms with Crippen LogP contribution in [0.3, 0.4) is 0 Å². The Morgan fingerprint density at radius 3 is 1.63 bits per heavy atom. The number of nitrogens with zero attached hydrogens (tertiary/aromatic N) is 1. The number of phenolic OH excluding ortho intramolecular Hbond substituents is 2. The molecule has 0 fully saturated rings. The third kappa shape index (κ3) is 8.04. The number of benzene rings is 2. The van der Waals surface area contributed by atoms with Crippen molar-refractivity contribution in [3.63, 3.8) is 0 Å². The van der Waals surface area contributed by atoms with Crippen molar-refractivity contribution in [1.82, 2.24) is 4.90 Å². The lowest BCUT2D eigenvalue weighted by atomic mass is 10.1. The zero-order valence-corrected chi connectivity index (χ0v) is 16.7. The first-order valence-electron chi connectivity index (χ1n) is 10.5. The topological polar surface area (TPSA) is 43.7 Å². The van der Waals surface area contributed by atoms with Crippen LogP contribution in [0.1, 0.15) is 56.6 Å². The highest BCUT2D eigenvalue weighted by molar-refractivity contribution is 5.32. The minimum atomic E-state index is 0.387. The minimum absolute atomic E-state index is 0.387. The summed E-state index contributed by atoms with van der Waals surface area (Å²) in [4.78, 5) is 2.47. The van der Waals surface area contributed by atoms with Crippen molar-refractivity contribution in [3.8, 4) is 11.5 Å². The van der Waals surface area contributed by atoms with Crippen LogP contribution in [0.2, 0.25) is 0 Å². The molecular weight excluding hydrogens is 334 g/mol. The van der Waals surface area contributed by atoms with Crippen LogP contribution in [0.25, 0.3) is 0 Å². The second-order valence-corrected chi connectivity index (χ2v) is 7.37. The Labute approximate surface area is 164 Å². The molecule has 0 atom stereocenters. The van der Waals surface area contributed by atoms with E-state index < -0.39 is 0 Å². The fraction of sp³-hybridized carbons (Fsp3) is 0.500. The monoisotopic (exact) mass is 369 g/mol. The zero-order valence-electron chi connectivity index (χ0n) is 16.7. The van der Waals surface area contributed by atoms with Gasteiger partial charge >= 0.3 is 0 Å². The number of unbranched alkanes of at least 4 members (excludes halogenated alkanes) is 5. The second-order valence-electron chi connectivity index (χ2n) is 7.37. The Balaban J connectivity index is 1.85. The SMILES string of the molecule is CCCCCCCCN(CCc1ccccc1O)CCc1ccccc1O. The number of hydrogen-bond donors (Lipinski definition) is 2. The van der Waals surface area contributed by atoms with Crippen LogP contribution >= 0.6 is 0 Å². The summed E-state index contributed by atoms with van der Waals surface area (Å²) >= 11 is 0. The summed E-state index contributed by atoms with van der Waals surface area (Å²) in [5.74, 6) is 0.774. The first-order valence-corrected chi connectivity index (χ1v) is 10.5. The van der Waals surface area contributed by atoms with E-state index in [1.807, 2.05) is 36.4 Å². The lowest BCUT2D eigenvalue weighted by Crippen LogP contribution is -2.29. The van der Waals surface area contributed by atoms with Crippen LogP contribution in [0.15, 0.2) is 48.5 Å². The summed E-state index contributed by atoms with van der Waals surface area (Å²) in [6, 6.07) is 15.2. The lowest BCUT2D eigenvalue weighted by molar-refractivity contribution is 0.271. The summed E-state index contributed by atoms with van der Waals surface area (Å²) in [6.45, 7) is 5.19. The number of hydrogen-bond acceptors (Lipinski definition) is 3. The molecule has 0 heterocycles. The van der Waals surface area contributed by atoms with Gasteiger partial charge in [-0.3, -0.25) is 0 Å². The molecule has 0 aromatic heterocycles. The number of phenols is 2. The van der Waals surface area contributed by atoms with Gasteiger partial charge in [0.15, 0.2) is 0 Å². The van der Waals surface area contributed by atoms with Gasteiger partial charge in [-0.2, -0.15) is 0 Å². The lowest BCUT2D eigenvalue weighted by Gasteiger charge is -2.23. The largest absolute Gasteiger partial charge is 0.508 e. The average molecular weight is 370 g/mol. The highest BCUT2D eigenvalue weighted by Gasteiger charge is 2.09. The summed E-state index contributed by atoms with van der Waals surface area (Å²) in [5.41, 5.74) is 2.01. The van der Waals surface area contributed by atoms with Gasteiger partial charge in [0.25, 0.3) is 0 Å². The molecule has 0 aliphatic carbocycles. The molecule has 0 radical (unpaired) electrons. The Kier molecular flexibility index (Phi) is 9.78. The number of aromatic hydroxyl groups is 2. The predicted molar refractivity (Wildman–Crippen MR) is 113 cm³/mol. The maximum Gasteiger partial charge on any atom is 0.118 e. The molecular formula is C24H35NO2. The molecule has 0 unspecified atom stereocenters. The van der Waals surface area contributed by atoms with Gasteiger partial charge in [0.05, 0.1) is 0 Å². The van der Waals surface area contributed by atoms with Crippen LogP contribution in [0.4, 0.5) is 0 Å². The molecule has 0 amide bonds. The summed E-state index contributed by atoms with van der Waals surface area (Å²) in [6.07, 6.45) is 9.48. The molecule has 0 saturated heterocycles. The Morgan fingerprint density at radius 2 is 1.11 bits per heavy atom. The van der Waals surface area contributed by atoms with Crippen LogP contribution in [0.5, 0.6) is 11.5 Å². The molecule has 0 aliphatic rings. The van der Waals surface area contributed by atoms with Gasteiger partial charge in [-0.1, -0.05) is 75.4 Å². The molecule has 148 valence electrons. The van der Waals surface area contributed by atoms with Crippen LogP contribution < -0.4 is 0 Å². The molecule has 2 N–H and O–H groups in total. The molecule has 0 spiro atoms. The van der Waals surface area contributed by atoms with Gasteiger partial charge in [0.2, 0.25) is 0 Å². The average Bonchev–Trinajstić information content (AvgIpc) is 2.68. The smallest absolute Gasteiger partial charge is 0.118 e. The van der Waals surface area contributed by atoms with E-state index in [-0.39, 0.29) is 0 Å². The van der Waals surface area contributed by atoms with E-state index in [1.54, 1.807) is 12.1 Å². The van der Waals surface area contributed by atoms with Crippen molar-refractivity contribution < 1.29 is 10.2 Å². The molecule has 0 saturated carbocycles. The van der Waals surface area contributed by atoms with E-state index in [2.05, 4.69) is 11.8 Å². The van der Waals surface area contributed by atoms with Crippen molar-refractivity contribution in [2.45, 2.75) is 58.3 Å². The van der Waals surface area contributed by atoms with E-state index in [1.165, 1.54) is 38.5 Å². The van der Waals surface area contributed by atoms with E-state index in [0.29, 0.717) is 11.5 Å². The molecule has 0 aliphatic heterocycles. The van der Waals surface area contributed by atoms with Gasteiger partial charge in [0.1, 0.15) is 11.5 Å². The maximum absolute atomic E-state index is 10.0. The molecule has 3 heteroatoms. The number of rotatable bonds is 13. The fourth-order valence-corrected chi connectivity index (χ4v) is 3.45. The van der Waals surface area contributed by atoms with Crippen molar-refractivity contribution >= 4 is 0 Å². The van der Waals surface area contributed by atoms with Gasteiger partial charge < -0.3 is 15.1 Å². The zero-order chi connectivity index (χ0) is 19.3. The normalized spacial score (nSPS) is 11.2. The Bertz CT molecular complexity index is 607. The molecule has 2 aromatic carbocycles. The van der Waals surface area contributed by atoms with Gasteiger partial charge in [0, 0.05) is 13.1 Å². The van der Waals surface area contributed by atoms with Crippen molar-refractivity contribution in [1.29, 1.82) is 0 Å². The Morgan fingerprint density at radius 1 is 0.630 bits per heavy atom. The van der Waals surface area contributed by atoms with E-state index in [0.717, 1.165) is 43.6 Å². The highest BCUT2D eigenvalue weighted by Crippen LogP contribution is 2.19.